The third-order valence-electron chi connectivity index (χ3n) is 1.50. The maximum absolute atomic E-state index is 10.6. The summed E-state index contributed by atoms with van der Waals surface area (Å²) in [6.07, 6.45) is 10.6. The van der Waals surface area contributed by atoms with Crippen molar-refractivity contribution in [1.82, 2.24) is 0 Å². The molecular weight excluding hydrogens is 164 g/mol. The molecule has 0 saturated carbocycles. The highest BCUT2D eigenvalue weighted by molar-refractivity contribution is 5.86. The molecule has 68 valence electrons. The van der Waals surface area contributed by atoms with E-state index in [2.05, 4.69) is 12.7 Å². The zero-order chi connectivity index (χ0) is 9.52. The Morgan fingerprint density at radius 2 is 2.38 bits per heavy atom. The molecule has 0 unspecified atom stereocenters. The summed E-state index contributed by atoms with van der Waals surface area (Å²) in [5.41, 5.74) is 2.98. The molecule has 0 aliphatic carbocycles. The van der Waals surface area contributed by atoms with Gasteiger partial charge in [0.15, 0.2) is 0 Å². The summed E-state index contributed by atoms with van der Waals surface area (Å²) in [6.45, 7) is 2.11. The number of hydrogen-bond acceptors (Lipinski definition) is 2. The summed E-state index contributed by atoms with van der Waals surface area (Å²) in [5.74, 6) is 0.264. The molecule has 0 N–H and O–H groups in total. The van der Waals surface area contributed by atoms with E-state index in [1.165, 1.54) is 6.08 Å². The van der Waals surface area contributed by atoms with E-state index in [4.69, 9.17) is 4.74 Å². The summed E-state index contributed by atoms with van der Waals surface area (Å²) in [7, 11) is 0. The first-order valence-corrected chi connectivity index (χ1v) is 4.34. The van der Waals surface area contributed by atoms with Gasteiger partial charge in [-0.1, -0.05) is 13.3 Å². The highest BCUT2D eigenvalue weighted by Gasteiger charge is 2.06. The molecule has 0 atom stereocenters. The van der Waals surface area contributed by atoms with Gasteiger partial charge < -0.3 is 4.74 Å². The molecule has 0 aromatic carbocycles. The average Bonchev–Trinajstić information content (AvgIpc) is 2.51. The zero-order valence-electron chi connectivity index (χ0n) is 7.62. The highest BCUT2D eigenvalue weighted by Crippen LogP contribution is 2.08. The molecule has 0 spiro atoms. The Morgan fingerprint density at radius 3 is 3.00 bits per heavy atom. The number of allylic oxidation sites excluding steroid dienone is 3. The third kappa shape index (κ3) is 3.59. The van der Waals surface area contributed by atoms with Crippen LogP contribution in [-0.4, -0.2) is 5.97 Å². The Morgan fingerprint density at radius 1 is 1.54 bits per heavy atom. The van der Waals surface area contributed by atoms with Crippen molar-refractivity contribution in [2.75, 3.05) is 0 Å². The molecule has 0 aromatic heterocycles. The van der Waals surface area contributed by atoms with Crippen molar-refractivity contribution in [2.24, 2.45) is 0 Å². The second-order valence-corrected chi connectivity index (χ2v) is 2.65. The van der Waals surface area contributed by atoms with Crippen LogP contribution in [-0.2, 0) is 9.53 Å². The minimum atomic E-state index is -0.308. The number of rotatable bonds is 3. The topological polar surface area (TPSA) is 26.3 Å². The van der Waals surface area contributed by atoms with Crippen molar-refractivity contribution in [3.63, 3.8) is 0 Å². The van der Waals surface area contributed by atoms with Crippen molar-refractivity contribution >= 4 is 5.97 Å². The van der Waals surface area contributed by atoms with Gasteiger partial charge in [-0.3, -0.25) is 0 Å². The fourth-order valence-electron chi connectivity index (χ4n) is 0.850. The van der Waals surface area contributed by atoms with E-state index in [0.717, 1.165) is 12.8 Å². The van der Waals surface area contributed by atoms with Gasteiger partial charge in [-0.25, -0.2) is 4.79 Å². The largest absolute Gasteiger partial charge is 0.423 e. The first-order chi connectivity index (χ1) is 6.33. The molecule has 0 saturated heterocycles. The number of esters is 1. The fourth-order valence-corrected chi connectivity index (χ4v) is 0.850. The van der Waals surface area contributed by atoms with Gasteiger partial charge in [0.1, 0.15) is 5.76 Å². The lowest BCUT2D eigenvalue weighted by Gasteiger charge is -1.89. The van der Waals surface area contributed by atoms with Crippen LogP contribution in [0.3, 0.4) is 0 Å². The van der Waals surface area contributed by atoms with Crippen molar-refractivity contribution in [1.29, 1.82) is 0 Å². The van der Waals surface area contributed by atoms with Crippen LogP contribution in [0.15, 0.2) is 41.9 Å². The van der Waals surface area contributed by atoms with Crippen molar-refractivity contribution in [3.8, 4) is 0 Å². The number of carbonyl (C=O) groups is 1. The normalized spacial score (nSPS) is 17.0. The molecule has 2 heteroatoms. The monoisotopic (exact) mass is 176 g/mol. The lowest BCUT2D eigenvalue weighted by atomic mass is 10.3. The summed E-state index contributed by atoms with van der Waals surface area (Å²) in [4.78, 5) is 10.6. The average molecular weight is 176 g/mol. The van der Waals surface area contributed by atoms with Crippen LogP contribution < -0.4 is 0 Å². The molecule has 0 bridgehead atoms. The quantitative estimate of drug-likeness (QED) is 0.488. The van der Waals surface area contributed by atoms with Crippen LogP contribution in [0.25, 0.3) is 0 Å². The molecule has 0 fully saturated rings. The third-order valence-corrected chi connectivity index (χ3v) is 1.50. The van der Waals surface area contributed by atoms with E-state index in [1.807, 2.05) is 6.08 Å². The predicted molar refractivity (Wildman–Crippen MR) is 50.9 cm³/mol. The van der Waals surface area contributed by atoms with Crippen LogP contribution in [0.2, 0.25) is 0 Å². The van der Waals surface area contributed by atoms with Crippen LogP contribution >= 0.6 is 0 Å². The number of cyclic esters (lactones) is 1. The van der Waals surface area contributed by atoms with Gasteiger partial charge in [-0.2, -0.15) is 0 Å². The second kappa shape index (κ2) is 5.18. The molecule has 0 aromatic rings. The maximum atomic E-state index is 10.6. The van der Waals surface area contributed by atoms with E-state index in [-0.39, 0.29) is 5.97 Å². The van der Waals surface area contributed by atoms with Gasteiger partial charge in [0, 0.05) is 6.08 Å². The molecule has 1 aliphatic heterocycles. The van der Waals surface area contributed by atoms with Crippen molar-refractivity contribution < 1.29 is 9.53 Å². The number of unbranched alkanes of at least 4 members (excludes halogenated alkanes) is 1. The van der Waals surface area contributed by atoms with E-state index in [9.17, 15) is 4.79 Å². The van der Waals surface area contributed by atoms with Crippen molar-refractivity contribution in [3.05, 3.63) is 41.9 Å². The van der Waals surface area contributed by atoms with Crippen LogP contribution in [0.5, 0.6) is 0 Å². The maximum Gasteiger partial charge on any atom is 0.336 e. The smallest absolute Gasteiger partial charge is 0.336 e. The van der Waals surface area contributed by atoms with Gasteiger partial charge in [0.25, 0.3) is 0 Å². The van der Waals surface area contributed by atoms with Crippen LogP contribution in [0, 0.1) is 0 Å². The molecule has 1 heterocycles. The highest BCUT2D eigenvalue weighted by atomic mass is 16.5. The van der Waals surface area contributed by atoms with E-state index >= 15 is 0 Å². The number of ether oxygens (including phenoxy) is 1. The SMILES string of the molecule is CCCC=C=CC=C1C=CC(=O)O1. The predicted octanol–water partition coefficient (Wildman–Crippen LogP) is 2.49. The lowest BCUT2D eigenvalue weighted by Crippen LogP contribution is -1.89. The summed E-state index contributed by atoms with van der Waals surface area (Å²) in [5, 5.41) is 0. The minimum absolute atomic E-state index is 0.308. The van der Waals surface area contributed by atoms with E-state index in [0.29, 0.717) is 5.76 Å². The Hall–Kier alpha value is -1.53. The van der Waals surface area contributed by atoms with Gasteiger partial charge >= 0.3 is 5.97 Å². The molecular formula is C11H12O2. The summed E-state index contributed by atoms with van der Waals surface area (Å²) in [6, 6.07) is 0. The van der Waals surface area contributed by atoms with Gasteiger partial charge in [0.2, 0.25) is 0 Å². The molecule has 1 rings (SSSR count). The van der Waals surface area contributed by atoms with E-state index in [1.54, 1.807) is 18.2 Å². The zero-order valence-corrected chi connectivity index (χ0v) is 7.62. The van der Waals surface area contributed by atoms with Crippen molar-refractivity contribution in [2.45, 2.75) is 19.8 Å². The lowest BCUT2D eigenvalue weighted by molar-refractivity contribution is -0.132. The number of carbonyl (C=O) groups excluding carboxylic acids is 1. The Bertz CT molecular complexity index is 302. The first-order valence-electron chi connectivity index (χ1n) is 4.34. The Kier molecular flexibility index (Phi) is 3.80. The molecule has 13 heavy (non-hydrogen) atoms. The molecule has 0 radical (unpaired) electrons. The van der Waals surface area contributed by atoms with E-state index < -0.39 is 0 Å². The molecule has 0 amide bonds. The standard InChI is InChI=1S/C11H12O2/c1-2-3-4-5-6-7-10-8-9-11(12)13-10/h4,6-9H,2-3H2,1H3. The van der Waals surface area contributed by atoms with Crippen LogP contribution in [0.1, 0.15) is 19.8 Å². The van der Waals surface area contributed by atoms with Gasteiger partial charge in [-0.15, -0.1) is 5.73 Å². The molecule has 1 aliphatic rings. The Labute approximate surface area is 77.9 Å². The summed E-state index contributed by atoms with van der Waals surface area (Å²) < 4.78 is 4.79. The molecule has 2 nitrogen and oxygen atoms in total. The van der Waals surface area contributed by atoms with Gasteiger partial charge in [0.05, 0.1) is 0 Å². The van der Waals surface area contributed by atoms with Gasteiger partial charge in [-0.05, 0) is 30.7 Å². The second-order valence-electron chi connectivity index (χ2n) is 2.65. The Balaban J connectivity index is 2.45. The number of hydrogen-bond donors (Lipinski definition) is 0. The van der Waals surface area contributed by atoms with Crippen LogP contribution in [0.4, 0.5) is 0 Å². The minimum Gasteiger partial charge on any atom is -0.423 e. The summed E-state index contributed by atoms with van der Waals surface area (Å²) >= 11 is 0. The first kappa shape index (κ1) is 9.56. The fraction of sp³-hybridized carbons (Fsp3) is 0.273.